The van der Waals surface area contributed by atoms with Crippen LogP contribution in [0.5, 0.6) is 5.75 Å². The number of rotatable bonds is 5. The predicted molar refractivity (Wildman–Crippen MR) is 91.5 cm³/mol. The highest BCUT2D eigenvalue weighted by molar-refractivity contribution is 9.10. The molecule has 0 saturated carbocycles. The van der Waals surface area contributed by atoms with E-state index in [-0.39, 0.29) is 11.9 Å². The first-order chi connectivity index (χ1) is 11.1. The molecule has 23 heavy (non-hydrogen) atoms. The first kappa shape index (κ1) is 16.0. The van der Waals surface area contributed by atoms with E-state index < -0.39 is 0 Å². The Morgan fingerprint density at radius 3 is 3.00 bits per heavy atom. The summed E-state index contributed by atoms with van der Waals surface area (Å²) in [4.78, 5) is 14.3. The maximum absolute atomic E-state index is 12.5. The number of hydrogen-bond acceptors (Lipinski definition) is 4. The lowest BCUT2D eigenvalue weighted by Crippen LogP contribution is -2.37. The average molecular weight is 379 g/mol. The lowest BCUT2D eigenvalue weighted by atomic mass is 10.1. The van der Waals surface area contributed by atoms with Gasteiger partial charge in [0.15, 0.2) is 0 Å². The van der Waals surface area contributed by atoms with Crippen molar-refractivity contribution in [1.29, 1.82) is 0 Å². The molecule has 0 aliphatic carbocycles. The number of nitrogens with zero attached hydrogens (tertiary/aromatic N) is 3. The highest BCUT2D eigenvalue weighted by atomic mass is 79.9. The second kappa shape index (κ2) is 6.72. The molecule has 0 spiro atoms. The first-order valence-corrected chi connectivity index (χ1v) is 8.24. The summed E-state index contributed by atoms with van der Waals surface area (Å²) in [5.41, 5.74) is 1.87. The van der Waals surface area contributed by atoms with Crippen LogP contribution in [0, 0.1) is 0 Å². The van der Waals surface area contributed by atoms with Gasteiger partial charge < -0.3 is 15.0 Å². The number of ether oxygens (including phenoxy) is 1. The number of methoxy groups -OCH3 is 1. The zero-order valence-corrected chi connectivity index (χ0v) is 14.7. The van der Waals surface area contributed by atoms with E-state index in [4.69, 9.17) is 4.74 Å². The van der Waals surface area contributed by atoms with Crippen LogP contribution in [0.15, 0.2) is 35.1 Å². The number of carbonyl (C=O) groups excluding carboxylic acids is 1. The minimum atomic E-state index is -0.182. The van der Waals surface area contributed by atoms with E-state index in [1.54, 1.807) is 22.9 Å². The van der Waals surface area contributed by atoms with Crippen LogP contribution >= 0.6 is 15.9 Å². The molecule has 6 nitrogen and oxygen atoms in total. The number of para-hydroxylation sites is 1. The van der Waals surface area contributed by atoms with Gasteiger partial charge in [-0.1, -0.05) is 12.1 Å². The molecule has 1 N–H and O–H groups in total. The highest BCUT2D eigenvalue weighted by Crippen LogP contribution is 2.29. The van der Waals surface area contributed by atoms with Gasteiger partial charge in [0.2, 0.25) is 5.91 Å². The maximum Gasteiger partial charge on any atom is 0.244 e. The number of amides is 1. The number of aryl methyl sites for hydroxylation is 1. The van der Waals surface area contributed by atoms with Crippen molar-refractivity contribution in [2.24, 2.45) is 7.05 Å². The lowest BCUT2D eigenvalue weighted by molar-refractivity contribution is -0.118. The van der Waals surface area contributed by atoms with Gasteiger partial charge in [-0.15, -0.1) is 0 Å². The van der Waals surface area contributed by atoms with Crippen molar-refractivity contribution >= 4 is 27.5 Å². The molecule has 1 aromatic carbocycles. The number of halogens is 1. The van der Waals surface area contributed by atoms with Crippen LogP contribution in [0.25, 0.3) is 0 Å². The minimum absolute atomic E-state index is 0.0898. The smallest absolute Gasteiger partial charge is 0.244 e. The van der Waals surface area contributed by atoms with E-state index in [1.807, 2.05) is 31.4 Å². The van der Waals surface area contributed by atoms with Crippen LogP contribution in [-0.2, 0) is 18.4 Å². The van der Waals surface area contributed by atoms with Gasteiger partial charge in [-0.25, -0.2) is 0 Å². The van der Waals surface area contributed by atoms with Crippen molar-refractivity contribution in [2.75, 3.05) is 18.6 Å². The summed E-state index contributed by atoms with van der Waals surface area (Å²) in [5.74, 6) is 0.890. The summed E-state index contributed by atoms with van der Waals surface area (Å²) in [7, 11) is 3.49. The number of anilines is 1. The summed E-state index contributed by atoms with van der Waals surface area (Å²) in [6, 6.07) is 5.71. The largest absolute Gasteiger partial charge is 0.495 e. The molecule has 7 heteroatoms. The first-order valence-electron chi connectivity index (χ1n) is 7.45. The third-order valence-electron chi connectivity index (χ3n) is 4.00. The molecule has 0 unspecified atom stereocenters. The molecule has 3 rings (SSSR count). The Bertz CT molecular complexity index is 716. The number of carbonyl (C=O) groups is 1. The molecule has 1 atom stereocenters. The van der Waals surface area contributed by atoms with Gasteiger partial charge in [0.05, 0.1) is 29.5 Å². The van der Waals surface area contributed by atoms with Crippen LogP contribution in [0.2, 0.25) is 0 Å². The fourth-order valence-corrected chi connectivity index (χ4v) is 3.40. The van der Waals surface area contributed by atoms with Crippen molar-refractivity contribution < 1.29 is 9.53 Å². The predicted octanol–water partition coefficient (Wildman–Crippen LogP) is 2.09. The summed E-state index contributed by atoms with van der Waals surface area (Å²) >= 11 is 3.48. The molecule has 2 aromatic rings. The van der Waals surface area contributed by atoms with E-state index in [2.05, 4.69) is 26.3 Å². The second-order valence-corrected chi connectivity index (χ2v) is 6.37. The van der Waals surface area contributed by atoms with E-state index in [1.165, 1.54) is 0 Å². The third-order valence-corrected chi connectivity index (χ3v) is 4.62. The van der Waals surface area contributed by atoms with Crippen LogP contribution < -0.4 is 15.0 Å². The van der Waals surface area contributed by atoms with Gasteiger partial charge in [-0.2, -0.15) is 5.10 Å². The van der Waals surface area contributed by atoms with Crippen molar-refractivity contribution in [3.05, 3.63) is 40.6 Å². The van der Waals surface area contributed by atoms with E-state index >= 15 is 0 Å². The Morgan fingerprint density at radius 2 is 2.30 bits per heavy atom. The van der Waals surface area contributed by atoms with Crippen LogP contribution in [0.3, 0.4) is 0 Å². The Morgan fingerprint density at radius 1 is 1.48 bits per heavy atom. The van der Waals surface area contributed by atoms with Crippen molar-refractivity contribution in [3.8, 4) is 5.75 Å². The molecular weight excluding hydrogens is 360 g/mol. The molecule has 2 heterocycles. The average Bonchev–Trinajstić information content (AvgIpc) is 3.11. The van der Waals surface area contributed by atoms with Gasteiger partial charge in [-0.05, 0) is 28.4 Å². The highest BCUT2D eigenvalue weighted by Gasteiger charge is 2.32. The summed E-state index contributed by atoms with van der Waals surface area (Å²) in [5, 5.41) is 7.46. The molecule has 0 bridgehead atoms. The molecular formula is C16H19BrN4O2. The van der Waals surface area contributed by atoms with Gasteiger partial charge >= 0.3 is 0 Å². The number of benzene rings is 1. The lowest BCUT2D eigenvalue weighted by Gasteiger charge is -2.16. The van der Waals surface area contributed by atoms with Gasteiger partial charge in [0.25, 0.3) is 0 Å². The van der Waals surface area contributed by atoms with Crippen molar-refractivity contribution in [3.63, 3.8) is 0 Å². The summed E-state index contributed by atoms with van der Waals surface area (Å²) in [6.45, 7) is 1.29. The molecule has 1 aliphatic rings. The van der Waals surface area contributed by atoms with E-state index in [0.717, 1.165) is 27.9 Å². The van der Waals surface area contributed by atoms with E-state index in [9.17, 15) is 4.79 Å². The molecule has 1 aromatic heterocycles. The molecule has 1 aliphatic heterocycles. The van der Waals surface area contributed by atoms with Gasteiger partial charge in [-0.3, -0.25) is 9.48 Å². The SMILES string of the molecule is COc1c(Br)cccc1CN[C@@H]1CCN(c2cnn(C)c2)C1=O. The summed E-state index contributed by atoms with van der Waals surface area (Å²) < 4.78 is 8.03. The second-order valence-electron chi connectivity index (χ2n) is 5.52. The van der Waals surface area contributed by atoms with Crippen LogP contribution in [0.4, 0.5) is 5.69 Å². The third kappa shape index (κ3) is 3.25. The maximum atomic E-state index is 12.5. The number of hydrogen-bond donors (Lipinski definition) is 1. The van der Waals surface area contributed by atoms with Gasteiger partial charge in [0, 0.05) is 31.9 Å². The molecule has 0 radical (unpaired) electrons. The number of aromatic nitrogens is 2. The molecule has 1 fully saturated rings. The van der Waals surface area contributed by atoms with E-state index in [0.29, 0.717) is 13.1 Å². The van der Waals surface area contributed by atoms with Crippen molar-refractivity contribution in [2.45, 2.75) is 19.0 Å². The fourth-order valence-electron chi connectivity index (χ4n) is 2.83. The monoisotopic (exact) mass is 378 g/mol. The quantitative estimate of drug-likeness (QED) is 0.865. The Hall–Kier alpha value is -1.86. The molecule has 1 amide bonds. The Balaban J connectivity index is 1.66. The summed E-state index contributed by atoms with van der Waals surface area (Å²) in [6.07, 6.45) is 4.36. The van der Waals surface area contributed by atoms with Gasteiger partial charge in [0.1, 0.15) is 5.75 Å². The van der Waals surface area contributed by atoms with Crippen LogP contribution in [-0.4, -0.2) is 35.4 Å². The topological polar surface area (TPSA) is 59.4 Å². The minimum Gasteiger partial charge on any atom is -0.495 e. The van der Waals surface area contributed by atoms with Crippen molar-refractivity contribution in [1.82, 2.24) is 15.1 Å². The fraction of sp³-hybridized carbons (Fsp3) is 0.375. The standard InChI is InChI=1S/C16H19BrN4O2/c1-20-10-12(9-19-20)21-7-6-14(16(21)22)18-8-11-4-3-5-13(17)15(11)23-2/h3-5,9-10,14,18H,6-8H2,1-2H3/t14-/m1/s1. The van der Waals surface area contributed by atoms with Crippen LogP contribution in [0.1, 0.15) is 12.0 Å². The zero-order chi connectivity index (χ0) is 16.4. The normalized spacial score (nSPS) is 17.8. The zero-order valence-electron chi connectivity index (χ0n) is 13.1. The molecule has 122 valence electrons. The molecule has 1 saturated heterocycles. The Kier molecular flexibility index (Phi) is 4.68. The Labute approximate surface area is 143 Å². The number of nitrogens with one attached hydrogen (secondary N) is 1.